The van der Waals surface area contributed by atoms with Crippen LogP contribution in [-0.2, 0) is 11.2 Å². The van der Waals surface area contributed by atoms with E-state index in [4.69, 9.17) is 11.6 Å². The molecule has 0 bridgehead atoms. The highest BCUT2D eigenvalue weighted by atomic mass is 79.9. The van der Waals surface area contributed by atoms with Crippen molar-refractivity contribution in [2.24, 2.45) is 5.41 Å². The van der Waals surface area contributed by atoms with Crippen LogP contribution in [0.4, 0.5) is 0 Å². The summed E-state index contributed by atoms with van der Waals surface area (Å²) in [6.45, 7) is 5.07. The van der Waals surface area contributed by atoms with E-state index in [1.807, 2.05) is 24.3 Å². The van der Waals surface area contributed by atoms with E-state index < -0.39 is 0 Å². The molecule has 0 aliphatic rings. The van der Waals surface area contributed by atoms with Crippen LogP contribution in [0.1, 0.15) is 32.3 Å². The first kappa shape index (κ1) is 16.5. The van der Waals surface area contributed by atoms with Gasteiger partial charge in [-0.2, -0.15) is 0 Å². The van der Waals surface area contributed by atoms with Gasteiger partial charge in [0.05, 0.1) is 6.42 Å². The van der Waals surface area contributed by atoms with E-state index >= 15 is 0 Å². The molecule has 0 saturated carbocycles. The number of hydrogen-bond donors (Lipinski definition) is 1. The van der Waals surface area contributed by atoms with Gasteiger partial charge in [-0.3, -0.25) is 4.79 Å². The number of amides is 1. The molecule has 2 nitrogen and oxygen atoms in total. The van der Waals surface area contributed by atoms with E-state index in [9.17, 15) is 4.79 Å². The van der Waals surface area contributed by atoms with Crippen LogP contribution in [0.2, 0.25) is 5.02 Å². The van der Waals surface area contributed by atoms with Crippen molar-refractivity contribution in [1.29, 1.82) is 0 Å². The van der Waals surface area contributed by atoms with E-state index in [2.05, 4.69) is 35.1 Å². The van der Waals surface area contributed by atoms with Crippen LogP contribution in [-0.4, -0.2) is 17.8 Å². The maximum atomic E-state index is 11.9. The number of carbonyl (C=O) groups is 1. The standard InChI is InChI=1S/C15H21BrClNO/c1-15(2,8-3-9-16)11-18-14(19)10-12-4-6-13(17)7-5-12/h4-7H,3,8-11H2,1-2H3,(H,18,19). The maximum Gasteiger partial charge on any atom is 0.224 e. The molecule has 0 unspecified atom stereocenters. The first-order valence-electron chi connectivity index (χ1n) is 6.50. The third-order valence-electron chi connectivity index (χ3n) is 3.03. The van der Waals surface area contributed by atoms with Crippen molar-refractivity contribution in [2.75, 3.05) is 11.9 Å². The molecule has 1 amide bonds. The molecule has 0 atom stereocenters. The van der Waals surface area contributed by atoms with Gasteiger partial charge in [-0.15, -0.1) is 0 Å². The van der Waals surface area contributed by atoms with Crippen molar-refractivity contribution in [2.45, 2.75) is 33.1 Å². The number of hydrogen-bond acceptors (Lipinski definition) is 1. The maximum absolute atomic E-state index is 11.9. The van der Waals surface area contributed by atoms with Gasteiger partial charge in [0.15, 0.2) is 0 Å². The van der Waals surface area contributed by atoms with Gasteiger partial charge >= 0.3 is 0 Å². The lowest BCUT2D eigenvalue weighted by Gasteiger charge is -2.24. The van der Waals surface area contributed by atoms with Crippen molar-refractivity contribution in [3.8, 4) is 0 Å². The highest BCUT2D eigenvalue weighted by Gasteiger charge is 2.18. The third-order valence-corrected chi connectivity index (χ3v) is 3.84. The van der Waals surface area contributed by atoms with Crippen molar-refractivity contribution in [1.82, 2.24) is 5.32 Å². The molecule has 0 aromatic heterocycles. The molecule has 1 aromatic carbocycles. The SMILES string of the molecule is CC(C)(CCCBr)CNC(=O)Cc1ccc(Cl)cc1. The molecule has 0 aliphatic carbocycles. The second kappa shape index (κ2) is 7.91. The summed E-state index contributed by atoms with van der Waals surface area (Å²) in [6, 6.07) is 7.39. The van der Waals surface area contributed by atoms with Crippen LogP contribution < -0.4 is 5.32 Å². The second-order valence-corrected chi connectivity index (χ2v) is 6.77. The average molecular weight is 347 g/mol. The summed E-state index contributed by atoms with van der Waals surface area (Å²) in [4.78, 5) is 11.9. The number of benzene rings is 1. The summed E-state index contributed by atoms with van der Waals surface area (Å²) in [5, 5.41) is 4.71. The Morgan fingerprint density at radius 2 is 1.95 bits per heavy atom. The fourth-order valence-electron chi connectivity index (χ4n) is 1.82. The first-order chi connectivity index (χ1) is 8.93. The summed E-state index contributed by atoms with van der Waals surface area (Å²) >= 11 is 9.25. The van der Waals surface area contributed by atoms with E-state index in [0.717, 1.165) is 23.7 Å². The van der Waals surface area contributed by atoms with E-state index in [0.29, 0.717) is 18.0 Å². The van der Waals surface area contributed by atoms with E-state index in [-0.39, 0.29) is 11.3 Å². The zero-order chi connectivity index (χ0) is 14.3. The molecule has 4 heteroatoms. The minimum absolute atomic E-state index is 0.0641. The largest absolute Gasteiger partial charge is 0.355 e. The number of nitrogens with one attached hydrogen (secondary N) is 1. The van der Waals surface area contributed by atoms with E-state index in [1.165, 1.54) is 0 Å². The summed E-state index contributed by atoms with van der Waals surface area (Å²) in [6.07, 6.45) is 2.63. The van der Waals surface area contributed by atoms with Gasteiger partial charge in [0, 0.05) is 16.9 Å². The van der Waals surface area contributed by atoms with Crippen LogP contribution in [0, 0.1) is 5.41 Å². The molecule has 0 radical (unpaired) electrons. The van der Waals surface area contributed by atoms with Gasteiger partial charge in [0.1, 0.15) is 0 Å². The third kappa shape index (κ3) is 6.98. The lowest BCUT2D eigenvalue weighted by molar-refractivity contribution is -0.120. The second-order valence-electron chi connectivity index (χ2n) is 5.54. The zero-order valence-electron chi connectivity index (χ0n) is 11.5. The van der Waals surface area contributed by atoms with Gasteiger partial charge in [0.2, 0.25) is 5.91 Å². The summed E-state index contributed by atoms with van der Waals surface area (Å²) in [7, 11) is 0. The highest BCUT2D eigenvalue weighted by molar-refractivity contribution is 9.09. The minimum Gasteiger partial charge on any atom is -0.355 e. The average Bonchev–Trinajstić information content (AvgIpc) is 2.37. The van der Waals surface area contributed by atoms with Crippen LogP contribution in [0.15, 0.2) is 24.3 Å². The number of alkyl halides is 1. The van der Waals surface area contributed by atoms with Crippen molar-refractivity contribution in [3.63, 3.8) is 0 Å². The summed E-state index contributed by atoms with van der Waals surface area (Å²) in [5.41, 5.74) is 1.13. The van der Waals surface area contributed by atoms with E-state index in [1.54, 1.807) is 0 Å². The van der Waals surface area contributed by atoms with Crippen molar-refractivity contribution >= 4 is 33.4 Å². The molecule has 0 aliphatic heterocycles. The van der Waals surface area contributed by atoms with Crippen LogP contribution in [0.3, 0.4) is 0 Å². The highest BCUT2D eigenvalue weighted by Crippen LogP contribution is 2.21. The number of halogens is 2. The molecule has 1 rings (SSSR count). The first-order valence-corrected chi connectivity index (χ1v) is 8.00. The number of carbonyl (C=O) groups excluding carboxylic acids is 1. The predicted octanol–water partition coefficient (Wildman–Crippen LogP) is 4.20. The molecular weight excluding hydrogens is 326 g/mol. The van der Waals surface area contributed by atoms with Crippen molar-refractivity contribution < 1.29 is 4.79 Å². The van der Waals surface area contributed by atoms with Crippen molar-refractivity contribution in [3.05, 3.63) is 34.9 Å². The quantitative estimate of drug-likeness (QED) is 0.737. The van der Waals surface area contributed by atoms with Gasteiger partial charge in [-0.05, 0) is 36.0 Å². The fourth-order valence-corrected chi connectivity index (χ4v) is 2.23. The van der Waals surface area contributed by atoms with Crippen LogP contribution >= 0.6 is 27.5 Å². The fraction of sp³-hybridized carbons (Fsp3) is 0.533. The smallest absolute Gasteiger partial charge is 0.224 e. The Bertz CT molecular complexity index is 403. The Labute approximate surface area is 129 Å². The molecule has 0 saturated heterocycles. The normalized spacial score (nSPS) is 11.4. The summed E-state index contributed by atoms with van der Waals surface area (Å²) in [5.74, 6) is 0.0641. The molecule has 1 aromatic rings. The summed E-state index contributed by atoms with van der Waals surface area (Å²) < 4.78 is 0. The predicted molar refractivity (Wildman–Crippen MR) is 85.0 cm³/mol. The molecule has 0 spiro atoms. The minimum atomic E-state index is 0.0641. The molecule has 106 valence electrons. The van der Waals surface area contributed by atoms with Crippen LogP contribution in [0.5, 0.6) is 0 Å². The van der Waals surface area contributed by atoms with Gasteiger partial charge in [-0.25, -0.2) is 0 Å². The molecule has 1 N–H and O–H groups in total. The Balaban J connectivity index is 2.37. The Kier molecular flexibility index (Phi) is 6.87. The molecule has 0 fully saturated rings. The lowest BCUT2D eigenvalue weighted by Crippen LogP contribution is -2.34. The van der Waals surface area contributed by atoms with Gasteiger partial charge < -0.3 is 5.32 Å². The molecule has 0 heterocycles. The topological polar surface area (TPSA) is 29.1 Å². The Morgan fingerprint density at radius 1 is 1.32 bits per heavy atom. The van der Waals surface area contributed by atoms with Crippen LogP contribution in [0.25, 0.3) is 0 Å². The lowest BCUT2D eigenvalue weighted by atomic mass is 9.88. The molecular formula is C15H21BrClNO. The Morgan fingerprint density at radius 3 is 2.53 bits per heavy atom. The Hall–Kier alpha value is -0.540. The molecule has 19 heavy (non-hydrogen) atoms. The number of rotatable bonds is 7. The van der Waals surface area contributed by atoms with Gasteiger partial charge in [-0.1, -0.05) is 53.5 Å². The monoisotopic (exact) mass is 345 g/mol. The van der Waals surface area contributed by atoms with Gasteiger partial charge in [0.25, 0.3) is 0 Å². The zero-order valence-corrected chi connectivity index (χ0v) is 13.9.